The number of para-hydroxylation sites is 1. The number of rotatable bonds is 4. The summed E-state index contributed by atoms with van der Waals surface area (Å²) < 4.78 is 0. The Morgan fingerprint density at radius 3 is 2.12 bits per heavy atom. The Bertz CT molecular complexity index is 641. The molecule has 2 amide bonds. The third-order valence-electron chi connectivity index (χ3n) is 4.20. The number of piperazine rings is 1. The maximum Gasteiger partial charge on any atom is 0.350 e. The third kappa shape index (κ3) is 3.91. The van der Waals surface area contributed by atoms with Gasteiger partial charge in [0.25, 0.3) is 0 Å². The third-order valence-corrected chi connectivity index (χ3v) is 4.20. The highest BCUT2D eigenvalue weighted by molar-refractivity contribution is 5.90. The van der Waals surface area contributed by atoms with Gasteiger partial charge in [0.15, 0.2) is 0 Å². The number of nitrogens with zero attached hydrogens (tertiary/aromatic N) is 3. The van der Waals surface area contributed by atoms with E-state index in [-0.39, 0.29) is 6.03 Å². The quantitative estimate of drug-likeness (QED) is 0.511. The summed E-state index contributed by atoms with van der Waals surface area (Å²) in [6.45, 7) is 4.28. The Labute approximate surface area is 142 Å². The van der Waals surface area contributed by atoms with E-state index >= 15 is 0 Å². The topological polar surface area (TPSA) is 64.8 Å². The van der Waals surface area contributed by atoms with Crippen LogP contribution in [0.2, 0.25) is 0 Å². The molecule has 126 valence electrons. The molecular weight excluding hydrogens is 302 g/mol. The summed E-state index contributed by atoms with van der Waals surface area (Å²) in [5.41, 5.74) is 4.37. The lowest BCUT2D eigenvalue weighted by atomic mass is 10.2. The lowest BCUT2D eigenvalue weighted by Gasteiger charge is -2.40. The zero-order valence-electron chi connectivity index (χ0n) is 13.6. The van der Waals surface area contributed by atoms with E-state index in [4.69, 9.17) is 5.84 Å². The molecule has 3 rings (SSSR count). The number of carbonyl (C=O) groups excluding carboxylic acids is 1. The lowest BCUT2D eigenvalue weighted by molar-refractivity contribution is 0.120. The van der Waals surface area contributed by atoms with Gasteiger partial charge in [-0.05, 0) is 17.7 Å². The zero-order chi connectivity index (χ0) is 16.8. The molecule has 0 atom stereocenters. The molecule has 0 bridgehead atoms. The highest BCUT2D eigenvalue weighted by Gasteiger charge is 2.26. The average Bonchev–Trinajstić information content (AvgIpc) is 2.65. The van der Waals surface area contributed by atoms with Gasteiger partial charge in [-0.1, -0.05) is 48.5 Å². The number of carbonyl (C=O) groups is 1. The monoisotopic (exact) mass is 325 g/mol. The molecule has 1 heterocycles. The summed E-state index contributed by atoms with van der Waals surface area (Å²) in [5.74, 6) is 5.37. The van der Waals surface area contributed by atoms with E-state index in [0.717, 1.165) is 38.4 Å². The van der Waals surface area contributed by atoms with Crippen molar-refractivity contribution in [3.8, 4) is 0 Å². The van der Waals surface area contributed by atoms with Crippen molar-refractivity contribution in [2.45, 2.75) is 6.54 Å². The lowest BCUT2D eigenvalue weighted by Crippen LogP contribution is -2.58. The van der Waals surface area contributed by atoms with Crippen molar-refractivity contribution in [3.63, 3.8) is 0 Å². The number of nitrogens with one attached hydrogen (secondary N) is 1. The van der Waals surface area contributed by atoms with E-state index in [9.17, 15) is 4.79 Å². The van der Waals surface area contributed by atoms with Crippen LogP contribution >= 0.6 is 0 Å². The van der Waals surface area contributed by atoms with E-state index in [1.54, 1.807) is 5.01 Å². The molecule has 0 aromatic heterocycles. The molecule has 0 aliphatic carbocycles. The van der Waals surface area contributed by atoms with Crippen LogP contribution in [0.25, 0.3) is 0 Å². The van der Waals surface area contributed by atoms with Crippen LogP contribution in [-0.4, -0.2) is 42.1 Å². The van der Waals surface area contributed by atoms with Gasteiger partial charge in [0.05, 0.1) is 5.69 Å². The Kier molecular flexibility index (Phi) is 5.43. The highest BCUT2D eigenvalue weighted by atomic mass is 16.2. The molecule has 1 aliphatic rings. The van der Waals surface area contributed by atoms with E-state index in [1.165, 1.54) is 5.56 Å². The van der Waals surface area contributed by atoms with Crippen LogP contribution in [0.1, 0.15) is 5.56 Å². The molecule has 1 saturated heterocycles. The van der Waals surface area contributed by atoms with Crippen molar-refractivity contribution in [1.82, 2.24) is 15.3 Å². The standard InChI is InChI=1S/C18H23N5O/c19-20-18(24)23(17-9-5-2-6-10-17)22-13-11-21(12-14-22)15-16-7-3-1-4-8-16/h1-10H,11-15,19H2,(H,20,24). The molecule has 3 N–H and O–H groups in total. The predicted molar refractivity (Wildman–Crippen MR) is 94.9 cm³/mol. The molecular formula is C18H23N5O. The number of urea groups is 1. The number of nitrogens with two attached hydrogens (primary N) is 1. The summed E-state index contributed by atoms with van der Waals surface area (Å²) in [6, 6.07) is 19.7. The van der Waals surface area contributed by atoms with Crippen molar-refractivity contribution >= 4 is 11.7 Å². The van der Waals surface area contributed by atoms with Crippen LogP contribution < -0.4 is 16.3 Å². The van der Waals surface area contributed by atoms with E-state index in [1.807, 2.05) is 41.4 Å². The van der Waals surface area contributed by atoms with Crippen molar-refractivity contribution in [2.75, 3.05) is 31.2 Å². The summed E-state index contributed by atoms with van der Waals surface area (Å²) in [6.07, 6.45) is 0. The minimum absolute atomic E-state index is 0.322. The average molecular weight is 325 g/mol. The molecule has 0 spiro atoms. The number of hydrogen-bond donors (Lipinski definition) is 2. The van der Waals surface area contributed by atoms with Gasteiger partial charge in [0.2, 0.25) is 0 Å². The van der Waals surface area contributed by atoms with Crippen LogP contribution in [-0.2, 0) is 6.54 Å². The van der Waals surface area contributed by atoms with Crippen LogP contribution in [0.15, 0.2) is 60.7 Å². The van der Waals surface area contributed by atoms with Gasteiger partial charge in [-0.2, -0.15) is 0 Å². The molecule has 1 aliphatic heterocycles. The summed E-state index contributed by atoms with van der Waals surface area (Å²) in [4.78, 5) is 14.6. The Morgan fingerprint density at radius 1 is 0.958 bits per heavy atom. The van der Waals surface area contributed by atoms with Gasteiger partial charge in [0.1, 0.15) is 0 Å². The van der Waals surface area contributed by atoms with Crippen LogP contribution in [0.3, 0.4) is 0 Å². The fourth-order valence-electron chi connectivity index (χ4n) is 2.98. The minimum Gasteiger partial charge on any atom is -0.296 e. The minimum atomic E-state index is -0.322. The molecule has 0 radical (unpaired) electrons. The molecule has 2 aromatic rings. The van der Waals surface area contributed by atoms with Gasteiger partial charge >= 0.3 is 6.03 Å². The first-order chi connectivity index (χ1) is 11.8. The second-order valence-corrected chi connectivity index (χ2v) is 5.81. The molecule has 0 unspecified atom stereocenters. The van der Waals surface area contributed by atoms with Gasteiger partial charge in [0, 0.05) is 32.7 Å². The molecule has 24 heavy (non-hydrogen) atoms. The molecule has 6 heteroatoms. The Morgan fingerprint density at radius 2 is 1.54 bits per heavy atom. The second-order valence-electron chi connectivity index (χ2n) is 5.81. The maximum atomic E-state index is 12.2. The number of hydrogen-bond acceptors (Lipinski definition) is 4. The second kappa shape index (κ2) is 7.92. The zero-order valence-corrected chi connectivity index (χ0v) is 13.6. The van der Waals surface area contributed by atoms with Gasteiger partial charge < -0.3 is 0 Å². The number of hydrazine groups is 2. The largest absolute Gasteiger partial charge is 0.350 e. The normalized spacial score (nSPS) is 15.9. The van der Waals surface area contributed by atoms with Crippen LogP contribution in [0.5, 0.6) is 0 Å². The highest BCUT2D eigenvalue weighted by Crippen LogP contribution is 2.18. The summed E-state index contributed by atoms with van der Waals surface area (Å²) in [5, 5.41) is 3.67. The van der Waals surface area contributed by atoms with Gasteiger partial charge in [-0.25, -0.2) is 20.7 Å². The molecule has 1 fully saturated rings. The number of benzene rings is 2. The fraction of sp³-hybridized carbons (Fsp3) is 0.278. The molecule has 6 nitrogen and oxygen atoms in total. The van der Waals surface area contributed by atoms with Crippen molar-refractivity contribution in [2.24, 2.45) is 5.84 Å². The predicted octanol–water partition coefficient (Wildman–Crippen LogP) is 1.81. The Hall–Kier alpha value is -2.41. The SMILES string of the molecule is NNC(=O)N(c1ccccc1)N1CCN(Cc2ccccc2)CC1. The smallest absolute Gasteiger partial charge is 0.296 e. The van der Waals surface area contributed by atoms with E-state index < -0.39 is 0 Å². The summed E-state index contributed by atoms with van der Waals surface area (Å²) >= 11 is 0. The van der Waals surface area contributed by atoms with E-state index in [0.29, 0.717) is 0 Å². The molecule has 2 aromatic carbocycles. The van der Waals surface area contributed by atoms with Crippen molar-refractivity contribution < 1.29 is 4.79 Å². The fourth-order valence-corrected chi connectivity index (χ4v) is 2.98. The maximum absolute atomic E-state index is 12.2. The van der Waals surface area contributed by atoms with Gasteiger partial charge in [-0.15, -0.1) is 0 Å². The number of anilines is 1. The first-order valence-corrected chi connectivity index (χ1v) is 8.15. The van der Waals surface area contributed by atoms with Gasteiger partial charge in [-0.3, -0.25) is 10.3 Å². The van der Waals surface area contributed by atoms with Crippen molar-refractivity contribution in [1.29, 1.82) is 0 Å². The van der Waals surface area contributed by atoms with E-state index in [2.05, 4.69) is 34.6 Å². The van der Waals surface area contributed by atoms with Crippen LogP contribution in [0, 0.1) is 0 Å². The summed E-state index contributed by atoms with van der Waals surface area (Å²) in [7, 11) is 0. The first-order valence-electron chi connectivity index (χ1n) is 8.15. The first kappa shape index (κ1) is 16.4. The number of amides is 2. The molecule has 0 saturated carbocycles. The Balaban J connectivity index is 1.64. The van der Waals surface area contributed by atoms with Crippen molar-refractivity contribution in [3.05, 3.63) is 66.2 Å². The van der Waals surface area contributed by atoms with Crippen LogP contribution in [0.4, 0.5) is 10.5 Å².